The smallest absolute Gasteiger partial charge is 0.160 e. The molecule has 266 valence electrons. The fourth-order valence-corrected chi connectivity index (χ4v) is 8.18. The fourth-order valence-electron chi connectivity index (χ4n) is 8.18. The summed E-state index contributed by atoms with van der Waals surface area (Å²) in [4.78, 5) is 15.4. The summed E-state index contributed by atoms with van der Waals surface area (Å²) in [6.45, 7) is 0. The lowest BCUT2D eigenvalue weighted by Gasteiger charge is -2.16. The highest BCUT2D eigenvalue weighted by molar-refractivity contribution is 6.27. The molecule has 57 heavy (non-hydrogen) atoms. The number of aromatic nitrogens is 3. The van der Waals surface area contributed by atoms with E-state index in [1.807, 2.05) is 48.5 Å². The zero-order valence-corrected chi connectivity index (χ0v) is 30.8. The number of nitrogens with zero attached hydrogens (tertiary/aromatic N) is 3. The lowest BCUT2D eigenvalue weighted by molar-refractivity contribution is 0.669. The van der Waals surface area contributed by atoms with Gasteiger partial charge in [0.2, 0.25) is 0 Å². The van der Waals surface area contributed by atoms with Crippen molar-refractivity contribution >= 4 is 43.6 Å². The third-order valence-electron chi connectivity index (χ3n) is 10.9. The zero-order chi connectivity index (χ0) is 37.7. The van der Waals surface area contributed by atoms with E-state index in [1.165, 1.54) is 0 Å². The van der Waals surface area contributed by atoms with Crippen LogP contribution < -0.4 is 0 Å². The Morgan fingerprint density at radius 1 is 0.316 bits per heavy atom. The van der Waals surface area contributed by atoms with Crippen LogP contribution in [0.1, 0.15) is 0 Å². The molecule has 11 rings (SSSR count). The van der Waals surface area contributed by atoms with E-state index in [9.17, 15) is 0 Å². The Morgan fingerprint density at radius 3 is 1.58 bits per heavy atom. The van der Waals surface area contributed by atoms with Crippen molar-refractivity contribution < 1.29 is 4.42 Å². The van der Waals surface area contributed by atoms with Gasteiger partial charge < -0.3 is 4.42 Å². The van der Waals surface area contributed by atoms with Gasteiger partial charge in [-0.05, 0) is 47.0 Å². The fraction of sp³-hybridized carbons (Fsp3) is 0. The average Bonchev–Trinajstić information content (AvgIpc) is 3.67. The number of benzene rings is 8. The van der Waals surface area contributed by atoms with Crippen LogP contribution in [-0.4, -0.2) is 15.0 Å². The molecule has 0 N–H and O–H groups in total. The van der Waals surface area contributed by atoms with Crippen molar-refractivity contribution in [3.63, 3.8) is 0 Å². The molecule has 0 saturated heterocycles. The summed E-state index contributed by atoms with van der Waals surface area (Å²) in [5.41, 5.74) is 14.0. The molecule has 0 spiro atoms. The predicted molar refractivity (Wildman–Crippen MR) is 235 cm³/mol. The zero-order valence-electron chi connectivity index (χ0n) is 30.8. The second-order valence-electron chi connectivity index (χ2n) is 14.3. The molecule has 0 aliphatic heterocycles. The van der Waals surface area contributed by atoms with E-state index in [-0.39, 0.29) is 0 Å². The molecule has 0 unspecified atom stereocenters. The van der Waals surface area contributed by atoms with E-state index in [4.69, 9.17) is 19.4 Å². The first-order valence-corrected chi connectivity index (χ1v) is 19.2. The minimum Gasteiger partial charge on any atom is -0.456 e. The summed E-state index contributed by atoms with van der Waals surface area (Å²) in [6.07, 6.45) is 0. The van der Waals surface area contributed by atoms with Crippen molar-refractivity contribution in [2.45, 2.75) is 0 Å². The summed E-state index contributed by atoms with van der Waals surface area (Å²) < 4.78 is 6.61. The number of rotatable bonds is 6. The van der Waals surface area contributed by atoms with Gasteiger partial charge >= 0.3 is 0 Å². The number of pyridine rings is 1. The topological polar surface area (TPSA) is 51.8 Å². The van der Waals surface area contributed by atoms with Gasteiger partial charge in [0.05, 0.1) is 22.6 Å². The van der Waals surface area contributed by atoms with E-state index in [0.717, 1.165) is 105 Å². The molecule has 0 aliphatic carbocycles. The number of hydrogen-bond donors (Lipinski definition) is 0. The Balaban J connectivity index is 1.08. The van der Waals surface area contributed by atoms with Crippen LogP contribution in [0.25, 0.3) is 111 Å². The number of furan rings is 1. The molecule has 0 amide bonds. The predicted octanol–water partition coefficient (Wildman–Crippen LogP) is 14.1. The summed E-state index contributed by atoms with van der Waals surface area (Å²) in [7, 11) is 0. The SMILES string of the molecule is c1ccc(-c2cc(-c3ccccc3)nc(-c3cccc(-c4ccc(-c5c6c(cc7c(-c8ccccc8)nc8ccccc8c57)oc5ccccc56)cc4)c3)n2)cc1. The maximum atomic E-state index is 6.61. The normalized spacial score (nSPS) is 11.5. The average molecular weight is 728 g/mol. The second kappa shape index (κ2) is 13.6. The van der Waals surface area contributed by atoms with E-state index in [1.54, 1.807) is 0 Å². The first-order valence-electron chi connectivity index (χ1n) is 19.2. The number of para-hydroxylation sites is 2. The van der Waals surface area contributed by atoms with E-state index < -0.39 is 0 Å². The third-order valence-corrected chi connectivity index (χ3v) is 10.9. The van der Waals surface area contributed by atoms with Crippen LogP contribution in [0.5, 0.6) is 0 Å². The van der Waals surface area contributed by atoms with Gasteiger partial charge in [-0.25, -0.2) is 15.0 Å². The molecule has 3 heterocycles. The van der Waals surface area contributed by atoms with Crippen molar-refractivity contribution in [2.75, 3.05) is 0 Å². The minimum absolute atomic E-state index is 0.688. The van der Waals surface area contributed by atoms with Crippen LogP contribution >= 0.6 is 0 Å². The van der Waals surface area contributed by atoms with Crippen molar-refractivity contribution in [1.82, 2.24) is 15.0 Å². The van der Waals surface area contributed by atoms with Crippen molar-refractivity contribution in [2.24, 2.45) is 0 Å². The van der Waals surface area contributed by atoms with E-state index in [2.05, 4.69) is 152 Å². The third kappa shape index (κ3) is 5.74. The van der Waals surface area contributed by atoms with Crippen molar-refractivity contribution in [3.05, 3.63) is 200 Å². The minimum atomic E-state index is 0.688. The Morgan fingerprint density at radius 2 is 0.877 bits per heavy atom. The molecule has 0 atom stereocenters. The Kier molecular flexibility index (Phi) is 7.78. The Labute approximate surface area is 329 Å². The second-order valence-corrected chi connectivity index (χ2v) is 14.3. The largest absolute Gasteiger partial charge is 0.456 e. The van der Waals surface area contributed by atoms with Gasteiger partial charge in [0.25, 0.3) is 0 Å². The van der Waals surface area contributed by atoms with Crippen LogP contribution in [0.4, 0.5) is 0 Å². The quantitative estimate of drug-likeness (QED) is 0.160. The lowest BCUT2D eigenvalue weighted by Crippen LogP contribution is -1.96. The Hall–Kier alpha value is -7.69. The molecule has 0 bridgehead atoms. The monoisotopic (exact) mass is 727 g/mol. The number of fused-ring (bicyclic) bond motifs is 6. The summed E-state index contributed by atoms with van der Waals surface area (Å²) >= 11 is 0. The lowest BCUT2D eigenvalue weighted by atomic mass is 9.89. The standard InChI is InChI=1S/C53H33N3O/c1-4-15-35(16-5-1)45-33-46(36-17-6-2-7-18-36)56-53(55-45)40-22-14-21-39(31-40)34-27-29-37(30-28-34)49-50-41-23-10-12-25-44(41)54-52(38-19-8-3-9-20-38)43(50)32-48-51(49)42-24-11-13-26-47(42)57-48/h1-33H. The van der Waals surface area contributed by atoms with Crippen LogP contribution in [0.2, 0.25) is 0 Å². The van der Waals surface area contributed by atoms with Gasteiger partial charge in [-0.1, -0.05) is 170 Å². The first-order chi connectivity index (χ1) is 28.2. The molecule has 4 heteroatoms. The number of hydrogen-bond acceptors (Lipinski definition) is 4. The van der Waals surface area contributed by atoms with Crippen LogP contribution in [0.15, 0.2) is 205 Å². The molecular weight excluding hydrogens is 695 g/mol. The highest BCUT2D eigenvalue weighted by Crippen LogP contribution is 2.46. The summed E-state index contributed by atoms with van der Waals surface area (Å²) in [5, 5.41) is 5.53. The van der Waals surface area contributed by atoms with Gasteiger partial charge in [-0.3, -0.25) is 0 Å². The highest BCUT2D eigenvalue weighted by Gasteiger charge is 2.22. The molecule has 11 aromatic rings. The van der Waals surface area contributed by atoms with Crippen LogP contribution in [0.3, 0.4) is 0 Å². The molecule has 8 aromatic carbocycles. The van der Waals surface area contributed by atoms with Gasteiger partial charge in [-0.15, -0.1) is 0 Å². The summed E-state index contributed by atoms with van der Waals surface area (Å²) in [6, 6.07) is 69.6. The van der Waals surface area contributed by atoms with Gasteiger partial charge in [-0.2, -0.15) is 0 Å². The van der Waals surface area contributed by atoms with Crippen LogP contribution in [0, 0.1) is 0 Å². The van der Waals surface area contributed by atoms with Crippen LogP contribution in [-0.2, 0) is 0 Å². The van der Waals surface area contributed by atoms with Crippen molar-refractivity contribution in [3.8, 4) is 67.4 Å². The van der Waals surface area contributed by atoms with Crippen molar-refractivity contribution in [1.29, 1.82) is 0 Å². The van der Waals surface area contributed by atoms with E-state index in [0.29, 0.717) is 5.82 Å². The highest BCUT2D eigenvalue weighted by atomic mass is 16.3. The molecule has 3 aromatic heterocycles. The Bertz CT molecular complexity index is 3210. The van der Waals surface area contributed by atoms with Gasteiger partial charge in [0, 0.05) is 54.7 Å². The van der Waals surface area contributed by atoms with Gasteiger partial charge in [0.15, 0.2) is 5.82 Å². The molecule has 0 aliphatic rings. The molecule has 0 radical (unpaired) electrons. The molecule has 0 fully saturated rings. The summed E-state index contributed by atoms with van der Waals surface area (Å²) in [5.74, 6) is 0.688. The van der Waals surface area contributed by atoms with Gasteiger partial charge in [0.1, 0.15) is 11.2 Å². The molecule has 4 nitrogen and oxygen atoms in total. The molecular formula is C53H33N3O. The first kappa shape index (κ1) is 32.7. The van der Waals surface area contributed by atoms with E-state index >= 15 is 0 Å². The maximum absolute atomic E-state index is 6.61. The maximum Gasteiger partial charge on any atom is 0.160 e. The molecule has 0 saturated carbocycles.